The zero-order valence-electron chi connectivity index (χ0n) is 12.2. The molecule has 0 radical (unpaired) electrons. The summed E-state index contributed by atoms with van der Waals surface area (Å²) in [7, 11) is -3.83. The molecular weight excluding hydrogens is 360 g/mol. The summed E-state index contributed by atoms with van der Waals surface area (Å²) >= 11 is 3.20. The molecule has 0 amide bonds. The highest BCUT2D eigenvalue weighted by atomic mass is 79.9. The molecule has 1 aromatic rings. The number of nitrogens with two attached hydrogens (primary N) is 1. The Morgan fingerprint density at radius 1 is 1.43 bits per heavy atom. The fraction of sp³-hybridized carbons (Fsp3) is 0.462. The van der Waals surface area contributed by atoms with Gasteiger partial charge in [0.25, 0.3) is 0 Å². The molecule has 0 saturated carbocycles. The van der Waals surface area contributed by atoms with E-state index in [9.17, 15) is 13.2 Å². The molecule has 0 aromatic heterocycles. The van der Waals surface area contributed by atoms with Gasteiger partial charge in [-0.25, -0.2) is 8.42 Å². The highest BCUT2D eigenvalue weighted by molar-refractivity contribution is 9.10. The summed E-state index contributed by atoms with van der Waals surface area (Å²) in [5.74, 6) is -0.582. The maximum absolute atomic E-state index is 12.7. The second-order valence-corrected chi connectivity index (χ2v) is 7.35. The first kappa shape index (κ1) is 17.9. The molecule has 0 atom stereocenters. The smallest absolute Gasteiger partial charge is 0.321 e. The predicted octanol–water partition coefficient (Wildman–Crippen LogP) is 1.99. The van der Waals surface area contributed by atoms with E-state index in [1.54, 1.807) is 20.8 Å². The van der Waals surface area contributed by atoms with Crippen LogP contribution in [0.5, 0.6) is 0 Å². The molecule has 1 rings (SSSR count). The summed E-state index contributed by atoms with van der Waals surface area (Å²) in [5.41, 5.74) is 6.06. The van der Waals surface area contributed by atoms with Gasteiger partial charge in [-0.1, -0.05) is 0 Å². The number of ether oxygens (including phenoxy) is 1. The van der Waals surface area contributed by atoms with Crippen LogP contribution in [0, 0.1) is 0 Å². The molecule has 0 saturated heterocycles. The van der Waals surface area contributed by atoms with Gasteiger partial charge < -0.3 is 10.5 Å². The molecule has 0 bridgehead atoms. The SMILES string of the molecule is CCOC(=O)CN(C(C)C)S(=O)(=O)c1ccc(N)cc1Br. The number of carbonyl (C=O) groups excluding carboxylic acids is 1. The van der Waals surface area contributed by atoms with Crippen molar-refractivity contribution in [3.63, 3.8) is 0 Å². The van der Waals surface area contributed by atoms with Gasteiger partial charge in [0, 0.05) is 16.2 Å². The molecule has 6 nitrogen and oxygen atoms in total. The van der Waals surface area contributed by atoms with E-state index in [1.807, 2.05) is 0 Å². The number of nitrogen functional groups attached to an aromatic ring is 1. The van der Waals surface area contributed by atoms with E-state index in [4.69, 9.17) is 10.5 Å². The normalized spacial score (nSPS) is 11.9. The largest absolute Gasteiger partial charge is 0.465 e. The van der Waals surface area contributed by atoms with E-state index in [1.165, 1.54) is 18.2 Å². The Balaban J connectivity index is 3.19. The lowest BCUT2D eigenvalue weighted by atomic mass is 10.3. The van der Waals surface area contributed by atoms with Crippen LogP contribution in [0.1, 0.15) is 20.8 Å². The number of hydrogen-bond acceptors (Lipinski definition) is 5. The molecule has 0 aliphatic carbocycles. The summed E-state index contributed by atoms with van der Waals surface area (Å²) < 4.78 is 31.7. The number of esters is 1. The minimum Gasteiger partial charge on any atom is -0.465 e. The lowest BCUT2D eigenvalue weighted by Crippen LogP contribution is -2.41. The molecular formula is C13H19BrN2O4S. The maximum atomic E-state index is 12.7. The van der Waals surface area contributed by atoms with E-state index in [-0.39, 0.29) is 24.1 Å². The van der Waals surface area contributed by atoms with Crippen molar-refractivity contribution in [3.05, 3.63) is 22.7 Å². The number of hydrogen-bond donors (Lipinski definition) is 1. The van der Waals surface area contributed by atoms with E-state index in [0.717, 1.165) is 4.31 Å². The van der Waals surface area contributed by atoms with Crippen LogP contribution in [-0.2, 0) is 19.6 Å². The zero-order valence-corrected chi connectivity index (χ0v) is 14.6. The van der Waals surface area contributed by atoms with Crippen molar-refractivity contribution in [1.29, 1.82) is 0 Å². The van der Waals surface area contributed by atoms with E-state index >= 15 is 0 Å². The lowest BCUT2D eigenvalue weighted by Gasteiger charge is -2.25. The Morgan fingerprint density at radius 2 is 2.05 bits per heavy atom. The van der Waals surface area contributed by atoms with Gasteiger partial charge in [0.05, 0.1) is 11.5 Å². The zero-order chi connectivity index (χ0) is 16.2. The van der Waals surface area contributed by atoms with Crippen LogP contribution in [0.15, 0.2) is 27.6 Å². The van der Waals surface area contributed by atoms with Gasteiger partial charge in [0.1, 0.15) is 6.54 Å². The first-order chi connectivity index (χ1) is 9.70. The Bertz CT molecular complexity index is 617. The maximum Gasteiger partial charge on any atom is 0.321 e. The molecule has 2 N–H and O–H groups in total. The van der Waals surface area contributed by atoms with Crippen molar-refractivity contribution in [2.24, 2.45) is 0 Å². The summed E-state index contributed by atoms with van der Waals surface area (Å²) in [4.78, 5) is 11.7. The first-order valence-corrected chi connectivity index (χ1v) is 8.66. The number of nitrogens with zero attached hydrogens (tertiary/aromatic N) is 1. The molecule has 0 aliphatic rings. The van der Waals surface area contributed by atoms with Gasteiger partial charge in [-0.15, -0.1) is 0 Å². The number of benzene rings is 1. The van der Waals surface area contributed by atoms with E-state index < -0.39 is 16.0 Å². The highest BCUT2D eigenvalue weighted by Gasteiger charge is 2.31. The van der Waals surface area contributed by atoms with Crippen molar-refractivity contribution in [2.45, 2.75) is 31.7 Å². The van der Waals surface area contributed by atoms with Crippen LogP contribution in [0.4, 0.5) is 5.69 Å². The number of sulfonamides is 1. The summed E-state index contributed by atoms with van der Waals surface area (Å²) in [6.07, 6.45) is 0. The third-order valence-electron chi connectivity index (χ3n) is 2.71. The van der Waals surface area contributed by atoms with Crippen molar-refractivity contribution in [1.82, 2.24) is 4.31 Å². The Labute approximate surface area is 133 Å². The van der Waals surface area contributed by atoms with Gasteiger partial charge in [-0.3, -0.25) is 4.79 Å². The van der Waals surface area contributed by atoms with E-state index in [0.29, 0.717) is 10.2 Å². The van der Waals surface area contributed by atoms with Crippen molar-refractivity contribution in [3.8, 4) is 0 Å². The molecule has 118 valence electrons. The monoisotopic (exact) mass is 378 g/mol. The highest BCUT2D eigenvalue weighted by Crippen LogP contribution is 2.28. The standard InChI is InChI=1S/C13H19BrN2O4S/c1-4-20-13(17)8-16(9(2)3)21(18,19)12-6-5-10(15)7-11(12)14/h5-7,9H,4,8,15H2,1-3H3. The van der Waals surface area contributed by atoms with Gasteiger partial charge in [0.15, 0.2) is 0 Å². The Morgan fingerprint density at radius 3 is 2.52 bits per heavy atom. The third-order valence-corrected chi connectivity index (χ3v) is 5.71. The number of rotatable bonds is 6. The van der Waals surface area contributed by atoms with Gasteiger partial charge >= 0.3 is 5.97 Å². The molecule has 0 spiro atoms. The fourth-order valence-corrected chi connectivity index (χ4v) is 4.37. The number of anilines is 1. The summed E-state index contributed by atoms with van der Waals surface area (Å²) in [5, 5.41) is 0. The quantitative estimate of drug-likeness (QED) is 0.603. The average molecular weight is 379 g/mol. The molecule has 0 fully saturated rings. The van der Waals surface area contributed by atoms with Crippen molar-refractivity contribution < 1.29 is 17.9 Å². The molecule has 0 heterocycles. The topological polar surface area (TPSA) is 89.7 Å². The molecule has 1 aromatic carbocycles. The van der Waals surface area contributed by atoms with Crippen molar-refractivity contribution in [2.75, 3.05) is 18.9 Å². The van der Waals surface area contributed by atoms with Crippen LogP contribution in [0.25, 0.3) is 0 Å². The van der Waals surface area contributed by atoms with E-state index in [2.05, 4.69) is 15.9 Å². The minimum atomic E-state index is -3.83. The summed E-state index contributed by atoms with van der Waals surface area (Å²) in [6.45, 7) is 4.94. The van der Waals surface area contributed by atoms with Crippen LogP contribution >= 0.6 is 15.9 Å². The van der Waals surface area contributed by atoms with Crippen molar-refractivity contribution >= 4 is 37.6 Å². The minimum absolute atomic E-state index is 0.0645. The molecule has 8 heteroatoms. The van der Waals surface area contributed by atoms with Gasteiger partial charge in [0.2, 0.25) is 10.0 Å². The molecule has 0 unspecified atom stereocenters. The first-order valence-electron chi connectivity index (χ1n) is 6.42. The Hall–Kier alpha value is -1.12. The van der Waals surface area contributed by atoms with Crippen LogP contribution in [0.3, 0.4) is 0 Å². The molecule has 21 heavy (non-hydrogen) atoms. The second-order valence-electron chi connectivity index (χ2n) is 4.64. The average Bonchev–Trinajstić information content (AvgIpc) is 2.35. The fourth-order valence-electron chi connectivity index (χ4n) is 1.73. The number of carbonyl (C=O) groups is 1. The van der Waals surface area contributed by atoms with Gasteiger partial charge in [-0.05, 0) is 54.9 Å². The summed E-state index contributed by atoms with van der Waals surface area (Å²) in [6, 6.07) is 4.04. The predicted molar refractivity (Wildman–Crippen MR) is 84.2 cm³/mol. The van der Waals surface area contributed by atoms with Crippen LogP contribution < -0.4 is 5.73 Å². The lowest BCUT2D eigenvalue weighted by molar-refractivity contribution is -0.143. The third kappa shape index (κ3) is 4.42. The van der Waals surface area contributed by atoms with Crippen LogP contribution in [-0.4, -0.2) is 37.9 Å². The van der Waals surface area contributed by atoms with Crippen LogP contribution in [0.2, 0.25) is 0 Å². The number of halogens is 1. The second kappa shape index (κ2) is 7.24. The molecule has 0 aliphatic heterocycles. The van der Waals surface area contributed by atoms with Gasteiger partial charge in [-0.2, -0.15) is 4.31 Å². The Kier molecular flexibility index (Phi) is 6.18.